The smallest absolute Gasteiger partial charge is 0.319 e. The van der Waals surface area contributed by atoms with E-state index in [4.69, 9.17) is 5.11 Å². The van der Waals surface area contributed by atoms with Gasteiger partial charge in [0.2, 0.25) is 0 Å². The van der Waals surface area contributed by atoms with E-state index in [1.807, 2.05) is 32.0 Å². The first-order valence-corrected chi connectivity index (χ1v) is 6.29. The highest BCUT2D eigenvalue weighted by atomic mass is 16.4. The van der Waals surface area contributed by atoms with Crippen molar-refractivity contribution >= 4 is 17.7 Å². The minimum absolute atomic E-state index is 0.128. The number of benzene rings is 1. The Balaban J connectivity index is 2.56. The van der Waals surface area contributed by atoms with Crippen LogP contribution in [0.25, 0.3) is 0 Å². The molecule has 1 unspecified atom stereocenters. The summed E-state index contributed by atoms with van der Waals surface area (Å²) in [4.78, 5) is 22.5. The van der Waals surface area contributed by atoms with Gasteiger partial charge in [-0.3, -0.25) is 4.79 Å². The molecule has 0 spiro atoms. The molecule has 2 amide bonds. The quantitative estimate of drug-likeness (QED) is 0.764. The molecule has 1 aromatic rings. The highest BCUT2D eigenvalue weighted by Gasteiger charge is 2.16. The average molecular weight is 264 g/mol. The molecule has 0 aromatic heterocycles. The number of nitrogens with one attached hydrogen (secondary N) is 2. The standard InChI is InChI=1S/C14H20N2O3/c1-4-11(13(17)18)8-15-14(19)16-12-7-5-6-9(2)10(12)3/h5-7,11H,4,8H2,1-3H3,(H,17,18)(H2,15,16,19). The van der Waals surface area contributed by atoms with Crippen LogP contribution in [0.15, 0.2) is 18.2 Å². The molecule has 19 heavy (non-hydrogen) atoms. The van der Waals surface area contributed by atoms with E-state index in [0.717, 1.165) is 16.8 Å². The lowest BCUT2D eigenvalue weighted by molar-refractivity contribution is -0.141. The third kappa shape index (κ3) is 4.28. The lowest BCUT2D eigenvalue weighted by Crippen LogP contribution is -2.35. The number of carboxylic acids is 1. The summed E-state index contributed by atoms with van der Waals surface area (Å²) in [6, 6.07) is 5.27. The summed E-state index contributed by atoms with van der Waals surface area (Å²) >= 11 is 0. The number of carbonyl (C=O) groups is 2. The van der Waals surface area contributed by atoms with Crippen LogP contribution in [-0.4, -0.2) is 23.7 Å². The van der Waals surface area contributed by atoms with Crippen LogP contribution < -0.4 is 10.6 Å². The number of anilines is 1. The van der Waals surface area contributed by atoms with Crippen molar-refractivity contribution in [1.29, 1.82) is 0 Å². The maximum absolute atomic E-state index is 11.7. The van der Waals surface area contributed by atoms with E-state index in [9.17, 15) is 9.59 Å². The van der Waals surface area contributed by atoms with Crippen LogP contribution in [0.4, 0.5) is 10.5 Å². The lowest BCUT2D eigenvalue weighted by Gasteiger charge is -2.13. The van der Waals surface area contributed by atoms with Crippen LogP contribution in [0.1, 0.15) is 24.5 Å². The second kappa shape index (κ2) is 6.78. The van der Waals surface area contributed by atoms with E-state index in [0.29, 0.717) is 6.42 Å². The van der Waals surface area contributed by atoms with Gasteiger partial charge in [0.05, 0.1) is 5.92 Å². The van der Waals surface area contributed by atoms with E-state index in [-0.39, 0.29) is 12.6 Å². The van der Waals surface area contributed by atoms with Gasteiger partial charge < -0.3 is 15.7 Å². The van der Waals surface area contributed by atoms with Gasteiger partial charge in [0.1, 0.15) is 0 Å². The first-order chi connectivity index (χ1) is 8.95. The number of aliphatic carboxylic acids is 1. The molecule has 0 aliphatic carbocycles. The number of carboxylic acid groups (broad SMARTS) is 1. The van der Waals surface area contributed by atoms with Gasteiger partial charge in [-0.15, -0.1) is 0 Å². The summed E-state index contributed by atoms with van der Waals surface area (Å²) in [6.45, 7) is 5.80. The van der Waals surface area contributed by atoms with Crippen molar-refractivity contribution in [3.63, 3.8) is 0 Å². The zero-order chi connectivity index (χ0) is 14.4. The number of rotatable bonds is 5. The molecule has 5 heteroatoms. The molecule has 0 aliphatic heterocycles. The predicted molar refractivity (Wildman–Crippen MR) is 74.4 cm³/mol. The molecule has 1 rings (SSSR count). The minimum Gasteiger partial charge on any atom is -0.481 e. The maximum Gasteiger partial charge on any atom is 0.319 e. The summed E-state index contributed by atoms with van der Waals surface area (Å²) in [6.07, 6.45) is 0.485. The summed E-state index contributed by atoms with van der Waals surface area (Å²) < 4.78 is 0. The Labute approximate surface area is 113 Å². The number of urea groups is 1. The summed E-state index contributed by atoms with van der Waals surface area (Å²) in [7, 11) is 0. The summed E-state index contributed by atoms with van der Waals surface area (Å²) in [5.74, 6) is -1.45. The van der Waals surface area contributed by atoms with Crippen molar-refractivity contribution in [2.45, 2.75) is 27.2 Å². The van der Waals surface area contributed by atoms with Crippen LogP contribution >= 0.6 is 0 Å². The van der Waals surface area contributed by atoms with Crippen molar-refractivity contribution < 1.29 is 14.7 Å². The molecule has 0 radical (unpaired) electrons. The Kier molecular flexibility index (Phi) is 5.36. The Bertz CT molecular complexity index is 472. The van der Waals surface area contributed by atoms with Gasteiger partial charge in [-0.25, -0.2) is 4.79 Å². The fourth-order valence-corrected chi connectivity index (χ4v) is 1.68. The third-order valence-electron chi connectivity index (χ3n) is 3.20. The van der Waals surface area contributed by atoms with Crippen molar-refractivity contribution in [3.8, 4) is 0 Å². The molecule has 0 saturated heterocycles. The zero-order valence-electron chi connectivity index (χ0n) is 11.5. The third-order valence-corrected chi connectivity index (χ3v) is 3.20. The lowest BCUT2D eigenvalue weighted by atomic mass is 10.1. The van der Waals surface area contributed by atoms with Gasteiger partial charge in [0.15, 0.2) is 0 Å². The summed E-state index contributed by atoms with van der Waals surface area (Å²) in [5.41, 5.74) is 2.83. The number of hydrogen-bond acceptors (Lipinski definition) is 2. The molecule has 0 fully saturated rings. The molecule has 0 heterocycles. The van der Waals surface area contributed by atoms with Crippen molar-refractivity contribution in [1.82, 2.24) is 5.32 Å². The van der Waals surface area contributed by atoms with E-state index >= 15 is 0 Å². The molecule has 1 aromatic carbocycles. The highest BCUT2D eigenvalue weighted by Crippen LogP contribution is 2.17. The molecule has 0 aliphatic rings. The molecule has 0 saturated carbocycles. The maximum atomic E-state index is 11.7. The van der Waals surface area contributed by atoms with Gasteiger partial charge in [-0.2, -0.15) is 0 Å². The molecule has 104 valence electrons. The first-order valence-electron chi connectivity index (χ1n) is 6.29. The van der Waals surface area contributed by atoms with Crippen molar-refractivity contribution in [2.24, 2.45) is 5.92 Å². The van der Waals surface area contributed by atoms with E-state index in [1.54, 1.807) is 6.92 Å². The molecular formula is C14H20N2O3. The normalized spacial score (nSPS) is 11.7. The minimum atomic E-state index is -0.894. The van der Waals surface area contributed by atoms with Gasteiger partial charge in [-0.1, -0.05) is 19.1 Å². The monoisotopic (exact) mass is 264 g/mol. The van der Waals surface area contributed by atoms with E-state index in [2.05, 4.69) is 10.6 Å². The molecule has 1 atom stereocenters. The predicted octanol–water partition coefficient (Wildman–Crippen LogP) is 2.54. The first kappa shape index (κ1) is 15.0. The van der Waals surface area contributed by atoms with Crippen LogP contribution in [0, 0.1) is 19.8 Å². The molecule has 5 nitrogen and oxygen atoms in total. The second-order valence-electron chi connectivity index (χ2n) is 4.53. The van der Waals surface area contributed by atoms with Crippen molar-refractivity contribution in [2.75, 3.05) is 11.9 Å². The second-order valence-corrected chi connectivity index (χ2v) is 4.53. The van der Waals surface area contributed by atoms with Crippen LogP contribution in [-0.2, 0) is 4.79 Å². The Morgan fingerprint density at radius 2 is 2.00 bits per heavy atom. The topological polar surface area (TPSA) is 78.4 Å². The Morgan fingerprint density at radius 3 is 2.58 bits per heavy atom. The number of aryl methyl sites for hydroxylation is 1. The van der Waals surface area contributed by atoms with Crippen LogP contribution in [0.5, 0.6) is 0 Å². The molecular weight excluding hydrogens is 244 g/mol. The van der Waals surface area contributed by atoms with Gasteiger partial charge in [0, 0.05) is 12.2 Å². The van der Waals surface area contributed by atoms with Crippen LogP contribution in [0.2, 0.25) is 0 Å². The van der Waals surface area contributed by atoms with E-state index < -0.39 is 11.9 Å². The van der Waals surface area contributed by atoms with Crippen LogP contribution in [0.3, 0.4) is 0 Å². The summed E-state index contributed by atoms with van der Waals surface area (Å²) in [5, 5.41) is 14.2. The number of amides is 2. The van der Waals surface area contributed by atoms with Gasteiger partial charge >= 0.3 is 12.0 Å². The number of carbonyl (C=O) groups excluding carboxylic acids is 1. The molecule has 0 bridgehead atoms. The fourth-order valence-electron chi connectivity index (χ4n) is 1.68. The largest absolute Gasteiger partial charge is 0.481 e. The fraction of sp³-hybridized carbons (Fsp3) is 0.429. The van der Waals surface area contributed by atoms with Gasteiger partial charge in [0.25, 0.3) is 0 Å². The van der Waals surface area contributed by atoms with Gasteiger partial charge in [-0.05, 0) is 37.5 Å². The Morgan fingerprint density at radius 1 is 1.32 bits per heavy atom. The SMILES string of the molecule is CCC(CNC(=O)Nc1cccc(C)c1C)C(=O)O. The Hall–Kier alpha value is -2.04. The number of hydrogen-bond donors (Lipinski definition) is 3. The van der Waals surface area contributed by atoms with Crippen molar-refractivity contribution in [3.05, 3.63) is 29.3 Å². The molecule has 3 N–H and O–H groups in total. The van der Waals surface area contributed by atoms with E-state index in [1.165, 1.54) is 0 Å². The zero-order valence-corrected chi connectivity index (χ0v) is 11.5. The highest BCUT2D eigenvalue weighted by molar-refractivity contribution is 5.90. The average Bonchev–Trinajstić information content (AvgIpc) is 2.35.